The average molecular weight is 966 g/mol. The van der Waals surface area contributed by atoms with Gasteiger partial charge in [0.05, 0.1) is 34.8 Å². The third kappa shape index (κ3) is 11.0. The number of ether oxygens (including phenoxy) is 2. The molecule has 2 saturated heterocycles. The van der Waals surface area contributed by atoms with Crippen LogP contribution in [0.15, 0.2) is 60.3 Å². The van der Waals surface area contributed by atoms with Gasteiger partial charge >= 0.3 is 11.9 Å². The number of sulfonamides is 1. The Morgan fingerprint density at radius 3 is 2.48 bits per heavy atom. The van der Waals surface area contributed by atoms with Gasteiger partial charge in [-0.05, 0) is 85.4 Å². The highest BCUT2D eigenvalue weighted by atomic mass is 35.5. The summed E-state index contributed by atoms with van der Waals surface area (Å²) in [5.74, 6) is -5.60. The molecule has 0 saturated carbocycles. The second kappa shape index (κ2) is 20.7. The topological polar surface area (TPSA) is 255 Å². The van der Waals surface area contributed by atoms with Crippen LogP contribution in [0.25, 0.3) is 5.57 Å². The number of carboxylic acid groups (broad SMARTS) is 2. The molecule has 1 aromatic heterocycles. The van der Waals surface area contributed by atoms with E-state index in [1.807, 2.05) is 19.1 Å². The molecule has 0 bridgehead atoms. The molecule has 0 spiro atoms. The van der Waals surface area contributed by atoms with Gasteiger partial charge in [-0.25, -0.2) is 22.3 Å². The van der Waals surface area contributed by atoms with Crippen LogP contribution in [0.1, 0.15) is 98.3 Å². The van der Waals surface area contributed by atoms with Crippen LogP contribution in [0.3, 0.4) is 0 Å². The molecule has 3 aliphatic heterocycles. The standard InChI is InChI=1S/C45H48ClN5O13S2/c1-25-10-11-30(22-32(25)40-38(46)39(64-23-36(54)55)41(65-40)45(59)60)47-28-14-17-50(18-15-28)66(61,62)24-26-5-2-8-29(21-26)48-35(53)16-20-63-19-4-7-27-6-3-9-31-37(27)44(58)51(43(31)57)33-12-13-34(52)49-42(33)56/h2-3,5-6,8-9,11,21-22,25,28,33,47H,4,7,10,12-20,23-24H2,1H3,(H,48,53)(H,54,55)(H,59,60)(H,49,52,56). The number of carboxylic acids is 2. The Kier molecular flexibility index (Phi) is 15.1. The monoisotopic (exact) mass is 965 g/mol. The number of aliphatic carboxylic acids is 1. The van der Waals surface area contributed by atoms with Crippen LogP contribution in [-0.4, -0.2) is 114 Å². The lowest BCUT2D eigenvalue weighted by molar-refractivity contribution is -0.139. The quantitative estimate of drug-likeness (QED) is 0.0797. The summed E-state index contributed by atoms with van der Waals surface area (Å²) in [7, 11) is -3.71. The van der Waals surface area contributed by atoms with Crippen LogP contribution in [-0.2, 0) is 46.1 Å². The fraction of sp³-hybridized carbons (Fsp3) is 0.400. The van der Waals surface area contributed by atoms with E-state index in [1.54, 1.807) is 42.5 Å². The van der Waals surface area contributed by atoms with Crippen molar-refractivity contribution in [3.8, 4) is 5.75 Å². The maximum atomic E-state index is 13.5. The number of nitrogens with one attached hydrogen (secondary N) is 3. The minimum atomic E-state index is -3.71. The summed E-state index contributed by atoms with van der Waals surface area (Å²) in [6.45, 7) is 2.18. The van der Waals surface area contributed by atoms with Crippen molar-refractivity contribution in [1.82, 2.24) is 19.8 Å². The molecule has 2 unspecified atom stereocenters. The van der Waals surface area contributed by atoms with Gasteiger partial charge in [-0.1, -0.05) is 48.9 Å². The summed E-state index contributed by atoms with van der Waals surface area (Å²) in [6, 6.07) is 10.5. The minimum absolute atomic E-state index is 0.0195. The number of aryl methyl sites for hydroxylation is 1. The zero-order chi connectivity index (χ0) is 47.3. The Bertz CT molecular complexity index is 2640. The lowest BCUT2D eigenvalue weighted by atomic mass is 9.90. The summed E-state index contributed by atoms with van der Waals surface area (Å²) < 4.78 is 39.5. The fourth-order valence-corrected chi connectivity index (χ4v) is 11.5. The highest BCUT2D eigenvalue weighted by Gasteiger charge is 2.45. The predicted octanol–water partition coefficient (Wildman–Crippen LogP) is 4.83. The van der Waals surface area contributed by atoms with Gasteiger partial charge in [0.2, 0.25) is 27.7 Å². The normalized spacial score (nSPS) is 19.2. The molecule has 350 valence electrons. The van der Waals surface area contributed by atoms with Crippen LogP contribution in [0, 0.1) is 5.92 Å². The smallest absolute Gasteiger partial charge is 0.349 e. The Morgan fingerprint density at radius 1 is 1.00 bits per heavy atom. The van der Waals surface area contributed by atoms with Gasteiger partial charge in [-0.2, -0.15) is 0 Å². The number of hydrogen-bond donors (Lipinski definition) is 5. The molecule has 2 atom stereocenters. The molecule has 18 nitrogen and oxygen atoms in total. The number of carbonyl (C=O) groups is 7. The van der Waals surface area contributed by atoms with Gasteiger partial charge in [0.25, 0.3) is 11.8 Å². The Balaban J connectivity index is 0.842. The second-order valence-corrected chi connectivity index (χ2v) is 19.7. The number of thiophene rings is 1. The lowest BCUT2D eigenvalue weighted by Crippen LogP contribution is -2.54. The van der Waals surface area contributed by atoms with Crippen molar-refractivity contribution in [2.24, 2.45) is 5.92 Å². The highest BCUT2D eigenvalue weighted by molar-refractivity contribution is 7.88. The molecule has 7 rings (SSSR count). The van der Waals surface area contributed by atoms with E-state index in [-0.39, 0.29) is 96.0 Å². The molecular formula is C45H48ClN5O13S2. The van der Waals surface area contributed by atoms with E-state index < -0.39 is 58.2 Å². The first-order valence-corrected chi connectivity index (χ1v) is 24.2. The van der Waals surface area contributed by atoms with Crippen molar-refractivity contribution >= 4 is 85.7 Å². The van der Waals surface area contributed by atoms with E-state index in [9.17, 15) is 47.1 Å². The second-order valence-electron chi connectivity index (χ2n) is 16.4. The van der Waals surface area contributed by atoms with Crippen molar-refractivity contribution in [2.75, 3.05) is 38.2 Å². The maximum Gasteiger partial charge on any atom is 0.349 e. The van der Waals surface area contributed by atoms with E-state index in [4.69, 9.17) is 26.2 Å². The van der Waals surface area contributed by atoms with Crippen LogP contribution >= 0.6 is 22.9 Å². The number of nitrogens with zero attached hydrogens (tertiary/aromatic N) is 2. The van der Waals surface area contributed by atoms with Gasteiger partial charge in [-0.3, -0.25) is 34.2 Å². The third-order valence-corrected chi connectivity index (χ3v) is 15.2. The van der Waals surface area contributed by atoms with Gasteiger partial charge in [-0.15, -0.1) is 11.3 Å². The molecule has 1 aliphatic carbocycles. The lowest BCUT2D eigenvalue weighted by Gasteiger charge is -2.33. The van der Waals surface area contributed by atoms with Crippen LogP contribution in [0.2, 0.25) is 5.02 Å². The highest BCUT2D eigenvalue weighted by Crippen LogP contribution is 2.47. The number of benzene rings is 2. The predicted molar refractivity (Wildman–Crippen MR) is 242 cm³/mol. The van der Waals surface area contributed by atoms with Crippen molar-refractivity contribution < 1.29 is 61.7 Å². The molecule has 5 N–H and O–H groups in total. The summed E-state index contributed by atoms with van der Waals surface area (Å²) in [6.07, 6.45) is 6.62. The van der Waals surface area contributed by atoms with E-state index >= 15 is 0 Å². The van der Waals surface area contributed by atoms with Crippen molar-refractivity contribution in [1.29, 1.82) is 0 Å². The van der Waals surface area contributed by atoms with Gasteiger partial charge < -0.3 is 30.3 Å². The molecule has 2 aromatic carbocycles. The van der Waals surface area contributed by atoms with Crippen molar-refractivity contribution in [2.45, 2.75) is 76.1 Å². The summed E-state index contributed by atoms with van der Waals surface area (Å²) in [5.41, 5.74) is 3.59. The first-order valence-electron chi connectivity index (χ1n) is 21.4. The maximum absolute atomic E-state index is 13.5. The van der Waals surface area contributed by atoms with Crippen LogP contribution in [0.4, 0.5) is 5.69 Å². The van der Waals surface area contributed by atoms with Gasteiger partial charge in [0.1, 0.15) is 11.1 Å². The van der Waals surface area contributed by atoms with Crippen LogP contribution < -0.4 is 20.7 Å². The van der Waals surface area contributed by atoms with Crippen molar-refractivity contribution in [3.05, 3.63) is 97.3 Å². The number of halogens is 1. The molecule has 2 fully saturated rings. The first-order chi connectivity index (χ1) is 31.5. The largest absolute Gasteiger partial charge is 0.479 e. The molecular weight excluding hydrogens is 918 g/mol. The number of amides is 5. The van der Waals surface area contributed by atoms with Gasteiger partial charge in [0.15, 0.2) is 17.2 Å². The van der Waals surface area contributed by atoms with E-state index in [0.717, 1.165) is 27.5 Å². The number of aromatic carboxylic acids is 1. The number of rotatable bonds is 19. The molecule has 0 radical (unpaired) electrons. The summed E-state index contributed by atoms with van der Waals surface area (Å²) >= 11 is 7.49. The SMILES string of the molecule is CC1CC=C(NC2CCN(S(=O)(=O)Cc3cccc(NC(=O)CCOCCCc4cccc5c4C(=O)N(C4CCC(=O)NC4=O)C5=O)c3)CC2)C=C1c1sc(C(=O)O)c(OCC(=O)O)c1Cl. The zero-order valence-electron chi connectivity index (χ0n) is 35.8. The summed E-state index contributed by atoms with van der Waals surface area (Å²) in [5, 5.41) is 27.3. The van der Waals surface area contributed by atoms with Crippen molar-refractivity contribution in [3.63, 3.8) is 0 Å². The number of anilines is 1. The number of allylic oxidation sites excluding steroid dienone is 3. The number of piperidine rings is 2. The number of imide groups is 2. The molecule has 5 amide bonds. The minimum Gasteiger partial charge on any atom is -0.479 e. The van der Waals surface area contributed by atoms with E-state index in [0.29, 0.717) is 53.8 Å². The number of hydrogen-bond acceptors (Lipinski definition) is 13. The molecule has 66 heavy (non-hydrogen) atoms. The Morgan fingerprint density at radius 2 is 1.76 bits per heavy atom. The first kappa shape index (κ1) is 48.0. The molecule has 4 heterocycles. The molecule has 21 heteroatoms. The Hall–Kier alpha value is -5.93. The van der Waals surface area contributed by atoms with Gasteiger partial charge in [0, 0.05) is 43.5 Å². The molecule has 3 aromatic rings. The molecule has 4 aliphatic rings. The zero-order valence-corrected chi connectivity index (χ0v) is 38.2. The van der Waals surface area contributed by atoms with Crippen LogP contribution in [0.5, 0.6) is 5.75 Å². The van der Waals surface area contributed by atoms with E-state index in [2.05, 4.69) is 16.0 Å². The summed E-state index contributed by atoms with van der Waals surface area (Å²) in [4.78, 5) is 87.5. The number of fused-ring (bicyclic) bond motifs is 1. The Labute approximate surface area is 389 Å². The fourth-order valence-electron chi connectivity index (χ4n) is 8.38. The van der Waals surface area contributed by atoms with E-state index in [1.165, 1.54) is 4.31 Å². The average Bonchev–Trinajstić information content (AvgIpc) is 3.73. The number of carbonyl (C=O) groups excluding carboxylic acids is 5. The third-order valence-electron chi connectivity index (χ3n) is 11.7.